The van der Waals surface area contributed by atoms with Gasteiger partial charge in [-0.05, 0) is 45.7 Å². The summed E-state index contributed by atoms with van der Waals surface area (Å²) in [4.78, 5) is 11.3. The third-order valence-electron chi connectivity index (χ3n) is 6.10. The van der Waals surface area contributed by atoms with Crippen molar-refractivity contribution in [3.8, 4) is 10.7 Å². The van der Waals surface area contributed by atoms with E-state index >= 15 is 0 Å². The van der Waals surface area contributed by atoms with Crippen LogP contribution in [-0.2, 0) is 10.0 Å². The number of nitrogens with zero attached hydrogens (tertiary/aromatic N) is 5. The molecule has 13 heteroatoms. The first-order chi connectivity index (χ1) is 16.0. The van der Waals surface area contributed by atoms with Crippen molar-refractivity contribution >= 4 is 38.0 Å². The van der Waals surface area contributed by atoms with Gasteiger partial charge in [-0.1, -0.05) is 11.3 Å². The van der Waals surface area contributed by atoms with Gasteiger partial charge in [0.05, 0.1) is 16.1 Å². The van der Waals surface area contributed by atoms with Crippen molar-refractivity contribution in [1.82, 2.24) is 30.2 Å². The number of fused-ring (bicyclic) bond motifs is 1. The third-order valence-corrected chi connectivity index (χ3v) is 8.65. The zero-order chi connectivity index (χ0) is 24.3. The lowest BCUT2D eigenvalue weighted by Gasteiger charge is -2.34. The number of aromatic nitrogens is 4. The highest BCUT2D eigenvalue weighted by atomic mass is 32.2. The summed E-state index contributed by atoms with van der Waals surface area (Å²) in [5.41, 5.74) is 1.07. The minimum Gasteiger partial charge on any atom is -0.367 e. The second kappa shape index (κ2) is 8.40. The number of halogens is 2. The molecule has 182 valence electrons. The molecular weight excluding hydrogens is 484 g/mol. The van der Waals surface area contributed by atoms with Gasteiger partial charge in [-0.2, -0.15) is 0 Å². The average Bonchev–Trinajstić information content (AvgIpc) is 3.28. The smallest absolute Gasteiger partial charge is 0.291 e. The standard InChI is InChI=1S/C21H25F2N7O2S2/c1-11-10-30(7-6-24-11)15-9-13(34(31,32)29-21(3)4-5-21)8-14-16(15)25-12(2)26-17(14)19-27-28-20(33-19)18(22)23/h8-9,11,18,24,29H,4-7,10H2,1-3H3/t11-/m0/s1. The molecule has 0 unspecified atom stereocenters. The van der Waals surface area contributed by atoms with Crippen LogP contribution in [0.5, 0.6) is 0 Å². The van der Waals surface area contributed by atoms with Crippen LogP contribution < -0.4 is 14.9 Å². The lowest BCUT2D eigenvalue weighted by atomic mass is 10.1. The second-order valence-corrected chi connectivity index (χ2v) is 11.9. The van der Waals surface area contributed by atoms with Gasteiger partial charge in [0.25, 0.3) is 6.43 Å². The van der Waals surface area contributed by atoms with Crippen LogP contribution in [0.2, 0.25) is 0 Å². The number of benzene rings is 1. The van der Waals surface area contributed by atoms with Crippen LogP contribution in [0, 0.1) is 6.92 Å². The molecule has 0 spiro atoms. The molecular formula is C21H25F2N7O2S2. The van der Waals surface area contributed by atoms with E-state index in [2.05, 4.69) is 42.0 Å². The Balaban J connectivity index is 1.74. The quantitative estimate of drug-likeness (QED) is 0.522. The van der Waals surface area contributed by atoms with Crippen molar-refractivity contribution in [1.29, 1.82) is 0 Å². The fourth-order valence-corrected chi connectivity index (χ4v) is 6.32. The van der Waals surface area contributed by atoms with Crippen molar-refractivity contribution in [2.24, 2.45) is 0 Å². The van der Waals surface area contributed by atoms with Gasteiger partial charge in [-0.3, -0.25) is 0 Å². The molecule has 2 aromatic heterocycles. The molecule has 5 rings (SSSR count). The third kappa shape index (κ3) is 4.49. The molecule has 1 saturated heterocycles. The summed E-state index contributed by atoms with van der Waals surface area (Å²) >= 11 is 0.742. The minimum atomic E-state index is -3.84. The summed E-state index contributed by atoms with van der Waals surface area (Å²) in [6.45, 7) is 7.71. The van der Waals surface area contributed by atoms with Crippen LogP contribution in [-0.4, -0.2) is 59.8 Å². The summed E-state index contributed by atoms with van der Waals surface area (Å²) < 4.78 is 55.8. The zero-order valence-corrected chi connectivity index (χ0v) is 20.6. The van der Waals surface area contributed by atoms with E-state index in [0.29, 0.717) is 41.2 Å². The first kappa shape index (κ1) is 23.4. The van der Waals surface area contributed by atoms with Gasteiger partial charge in [0, 0.05) is 36.6 Å². The predicted molar refractivity (Wildman–Crippen MR) is 126 cm³/mol. The van der Waals surface area contributed by atoms with Crippen molar-refractivity contribution in [2.45, 2.75) is 56.5 Å². The van der Waals surface area contributed by atoms with E-state index < -0.39 is 27.0 Å². The van der Waals surface area contributed by atoms with Crippen molar-refractivity contribution in [3.05, 3.63) is 23.0 Å². The van der Waals surface area contributed by atoms with Gasteiger partial charge in [0.1, 0.15) is 11.5 Å². The SMILES string of the molecule is Cc1nc(-c2nnc(C(F)F)s2)c2cc(S(=O)(=O)NC3(C)CC3)cc(N3CCN[C@@H](C)C3)c2n1. The van der Waals surface area contributed by atoms with E-state index in [4.69, 9.17) is 0 Å². The maximum Gasteiger partial charge on any atom is 0.291 e. The highest BCUT2D eigenvalue weighted by Crippen LogP contribution is 2.39. The van der Waals surface area contributed by atoms with E-state index in [9.17, 15) is 17.2 Å². The van der Waals surface area contributed by atoms with Crippen LogP contribution >= 0.6 is 11.3 Å². The van der Waals surface area contributed by atoms with E-state index in [1.54, 1.807) is 13.0 Å². The molecule has 1 atom stereocenters. The molecule has 2 aliphatic rings. The normalized spacial score (nSPS) is 20.3. The Bertz CT molecular complexity index is 1360. The largest absolute Gasteiger partial charge is 0.367 e. The number of anilines is 1. The van der Waals surface area contributed by atoms with Gasteiger partial charge in [0.15, 0.2) is 10.0 Å². The predicted octanol–water partition coefficient (Wildman–Crippen LogP) is 3.02. The van der Waals surface area contributed by atoms with Crippen LogP contribution in [0.1, 0.15) is 43.9 Å². The van der Waals surface area contributed by atoms with E-state index in [-0.39, 0.29) is 15.9 Å². The number of rotatable bonds is 6. The molecule has 1 aliphatic heterocycles. The molecule has 3 aromatic rings. The van der Waals surface area contributed by atoms with Gasteiger partial charge >= 0.3 is 0 Å². The fraction of sp³-hybridized carbons (Fsp3) is 0.524. The van der Waals surface area contributed by atoms with Crippen LogP contribution in [0.25, 0.3) is 21.6 Å². The van der Waals surface area contributed by atoms with Gasteiger partial charge in [-0.15, -0.1) is 10.2 Å². The number of nitrogens with one attached hydrogen (secondary N) is 2. The molecule has 9 nitrogen and oxygen atoms in total. The molecule has 1 aromatic carbocycles. The number of sulfonamides is 1. The molecule has 34 heavy (non-hydrogen) atoms. The Hall–Kier alpha value is -2.35. The zero-order valence-electron chi connectivity index (χ0n) is 19.0. The number of alkyl halides is 2. The van der Waals surface area contributed by atoms with Crippen LogP contribution in [0.3, 0.4) is 0 Å². The molecule has 1 aliphatic carbocycles. The number of piperazine rings is 1. The second-order valence-electron chi connectivity index (χ2n) is 9.17. The van der Waals surface area contributed by atoms with Crippen LogP contribution in [0.4, 0.5) is 14.5 Å². The molecule has 1 saturated carbocycles. The highest BCUT2D eigenvalue weighted by molar-refractivity contribution is 7.89. The van der Waals surface area contributed by atoms with Gasteiger partial charge in [-0.25, -0.2) is 31.9 Å². The van der Waals surface area contributed by atoms with E-state index in [1.165, 1.54) is 6.07 Å². The van der Waals surface area contributed by atoms with Crippen LogP contribution in [0.15, 0.2) is 17.0 Å². The molecule has 2 N–H and O–H groups in total. The Morgan fingerprint density at radius 1 is 1.26 bits per heavy atom. The molecule has 0 bridgehead atoms. The summed E-state index contributed by atoms with van der Waals surface area (Å²) in [6.07, 6.45) is -1.20. The van der Waals surface area contributed by atoms with Crippen molar-refractivity contribution < 1.29 is 17.2 Å². The summed E-state index contributed by atoms with van der Waals surface area (Å²) in [5.74, 6) is 0.431. The number of hydrogen-bond donors (Lipinski definition) is 2. The molecule has 0 radical (unpaired) electrons. The molecule has 3 heterocycles. The lowest BCUT2D eigenvalue weighted by Crippen LogP contribution is -2.49. The van der Waals surface area contributed by atoms with Crippen molar-refractivity contribution in [2.75, 3.05) is 24.5 Å². The Morgan fingerprint density at radius 3 is 2.68 bits per heavy atom. The highest BCUT2D eigenvalue weighted by Gasteiger charge is 2.41. The molecule has 0 amide bonds. The monoisotopic (exact) mass is 509 g/mol. The number of hydrogen-bond acceptors (Lipinski definition) is 9. The lowest BCUT2D eigenvalue weighted by molar-refractivity contribution is 0.150. The van der Waals surface area contributed by atoms with Gasteiger partial charge < -0.3 is 10.2 Å². The Kier molecular flexibility index (Phi) is 5.78. The maximum atomic E-state index is 13.3. The Morgan fingerprint density at radius 2 is 2.03 bits per heavy atom. The van der Waals surface area contributed by atoms with E-state index in [0.717, 1.165) is 30.7 Å². The molecule has 2 fully saturated rings. The Labute approximate surface area is 200 Å². The summed E-state index contributed by atoms with van der Waals surface area (Å²) in [5, 5.41) is 11.1. The maximum absolute atomic E-state index is 13.3. The van der Waals surface area contributed by atoms with Gasteiger partial charge in [0.2, 0.25) is 10.0 Å². The average molecular weight is 510 g/mol. The number of aryl methyl sites for hydroxylation is 1. The van der Waals surface area contributed by atoms with Crippen molar-refractivity contribution in [3.63, 3.8) is 0 Å². The van der Waals surface area contributed by atoms with E-state index in [1.807, 2.05) is 6.92 Å². The fourth-order valence-electron chi connectivity index (χ4n) is 4.10. The first-order valence-electron chi connectivity index (χ1n) is 11.0. The topological polar surface area (TPSA) is 113 Å². The first-order valence-corrected chi connectivity index (χ1v) is 13.3. The summed E-state index contributed by atoms with van der Waals surface area (Å²) in [7, 11) is -3.84. The minimum absolute atomic E-state index is 0.0848. The summed E-state index contributed by atoms with van der Waals surface area (Å²) in [6, 6.07) is 3.36.